The van der Waals surface area contributed by atoms with Crippen LogP contribution in [0.4, 0.5) is 4.79 Å². The molecule has 2 heterocycles. The molecule has 1 aromatic rings. The predicted molar refractivity (Wildman–Crippen MR) is 76.7 cm³/mol. The number of nitrogens with one attached hydrogen (secondary N) is 2. The van der Waals surface area contributed by atoms with Crippen LogP contribution in [-0.4, -0.2) is 50.3 Å². The first-order chi connectivity index (χ1) is 9.84. The predicted octanol–water partition coefficient (Wildman–Crippen LogP) is 0.915. The lowest BCUT2D eigenvalue weighted by Crippen LogP contribution is -2.48. The molecule has 2 N–H and O–H groups in total. The summed E-state index contributed by atoms with van der Waals surface area (Å²) in [6, 6.07) is 8.68. The van der Waals surface area contributed by atoms with Crippen molar-refractivity contribution in [2.24, 2.45) is 0 Å². The molecule has 1 saturated heterocycles. The van der Waals surface area contributed by atoms with Gasteiger partial charge in [-0.05, 0) is 24.1 Å². The van der Waals surface area contributed by atoms with Crippen LogP contribution >= 0.6 is 0 Å². The fourth-order valence-corrected chi connectivity index (χ4v) is 2.84. The number of benzene rings is 1. The molecule has 5 heteroatoms. The van der Waals surface area contributed by atoms with Crippen molar-refractivity contribution < 1.29 is 9.53 Å². The van der Waals surface area contributed by atoms with Crippen LogP contribution in [0.1, 0.15) is 17.2 Å². The third kappa shape index (κ3) is 2.94. The Hall–Kier alpha value is -1.59. The largest absolute Gasteiger partial charge is 0.378 e. The van der Waals surface area contributed by atoms with Gasteiger partial charge in [0.25, 0.3) is 0 Å². The average Bonchev–Trinajstić information content (AvgIpc) is 2.53. The Morgan fingerprint density at radius 3 is 3.00 bits per heavy atom. The molecule has 5 nitrogen and oxygen atoms in total. The molecule has 2 aliphatic rings. The maximum absolute atomic E-state index is 12.1. The molecule has 1 fully saturated rings. The number of carbonyl (C=O) groups is 1. The minimum atomic E-state index is 0.0122. The Kier molecular flexibility index (Phi) is 4.18. The summed E-state index contributed by atoms with van der Waals surface area (Å²) in [5.74, 6) is 0. The van der Waals surface area contributed by atoms with Gasteiger partial charge in [-0.1, -0.05) is 24.3 Å². The molecule has 1 aromatic carbocycles. The maximum atomic E-state index is 12.1. The quantitative estimate of drug-likeness (QED) is 0.844. The van der Waals surface area contributed by atoms with Gasteiger partial charge >= 0.3 is 6.03 Å². The summed E-state index contributed by atoms with van der Waals surface area (Å²) in [4.78, 5) is 13.9. The molecular weight excluding hydrogens is 254 g/mol. The standard InChI is InChI=1S/C15H21N3O2/c19-15(18-7-9-20-10-8-18)17-11-14-13-4-2-1-3-12(13)5-6-16-14/h1-4,14,16H,5-11H2,(H,17,19). The summed E-state index contributed by atoms with van der Waals surface area (Å²) in [5, 5.41) is 6.51. The highest BCUT2D eigenvalue weighted by Gasteiger charge is 2.21. The highest BCUT2D eigenvalue weighted by Crippen LogP contribution is 2.21. The number of morpholine rings is 1. The van der Waals surface area contributed by atoms with E-state index >= 15 is 0 Å². The monoisotopic (exact) mass is 275 g/mol. The van der Waals surface area contributed by atoms with Crippen LogP contribution < -0.4 is 10.6 Å². The molecule has 1 unspecified atom stereocenters. The molecule has 0 aliphatic carbocycles. The van der Waals surface area contributed by atoms with Gasteiger partial charge in [-0.25, -0.2) is 4.79 Å². The van der Waals surface area contributed by atoms with Gasteiger partial charge < -0.3 is 20.3 Å². The number of hydrogen-bond acceptors (Lipinski definition) is 3. The lowest BCUT2D eigenvalue weighted by Gasteiger charge is -2.30. The molecular formula is C15H21N3O2. The van der Waals surface area contributed by atoms with E-state index in [9.17, 15) is 4.79 Å². The van der Waals surface area contributed by atoms with Gasteiger partial charge in [-0.3, -0.25) is 0 Å². The molecule has 108 valence electrons. The molecule has 2 amide bonds. The Labute approximate surface area is 119 Å². The van der Waals surface area contributed by atoms with E-state index in [0.29, 0.717) is 32.8 Å². The summed E-state index contributed by atoms with van der Waals surface area (Å²) < 4.78 is 5.26. The summed E-state index contributed by atoms with van der Waals surface area (Å²) in [5.41, 5.74) is 2.69. The van der Waals surface area contributed by atoms with Crippen molar-refractivity contribution in [2.75, 3.05) is 39.4 Å². The first-order valence-electron chi connectivity index (χ1n) is 7.26. The van der Waals surface area contributed by atoms with E-state index in [-0.39, 0.29) is 12.1 Å². The number of rotatable bonds is 2. The summed E-state index contributed by atoms with van der Waals surface area (Å²) in [6.07, 6.45) is 1.06. The van der Waals surface area contributed by atoms with Crippen molar-refractivity contribution >= 4 is 6.03 Å². The number of amides is 2. The van der Waals surface area contributed by atoms with Crippen molar-refractivity contribution in [3.05, 3.63) is 35.4 Å². The van der Waals surface area contributed by atoms with Crippen molar-refractivity contribution in [1.82, 2.24) is 15.5 Å². The van der Waals surface area contributed by atoms with Crippen LogP contribution in [0.5, 0.6) is 0 Å². The number of carbonyl (C=O) groups excluding carboxylic acids is 1. The smallest absolute Gasteiger partial charge is 0.317 e. The first-order valence-corrected chi connectivity index (χ1v) is 7.26. The van der Waals surface area contributed by atoms with Gasteiger partial charge in [-0.2, -0.15) is 0 Å². The second-order valence-electron chi connectivity index (χ2n) is 5.24. The van der Waals surface area contributed by atoms with Crippen LogP contribution in [0.25, 0.3) is 0 Å². The second-order valence-corrected chi connectivity index (χ2v) is 5.24. The number of fused-ring (bicyclic) bond motifs is 1. The lowest BCUT2D eigenvalue weighted by molar-refractivity contribution is 0.0531. The van der Waals surface area contributed by atoms with Crippen LogP contribution in [0.15, 0.2) is 24.3 Å². The van der Waals surface area contributed by atoms with E-state index in [1.165, 1.54) is 11.1 Å². The molecule has 0 spiro atoms. The fourth-order valence-electron chi connectivity index (χ4n) is 2.84. The Morgan fingerprint density at radius 2 is 2.15 bits per heavy atom. The van der Waals surface area contributed by atoms with Crippen LogP contribution in [0.2, 0.25) is 0 Å². The minimum absolute atomic E-state index is 0.0122. The highest BCUT2D eigenvalue weighted by atomic mass is 16.5. The average molecular weight is 275 g/mol. The molecule has 0 saturated carbocycles. The molecule has 0 bridgehead atoms. The zero-order valence-electron chi connectivity index (χ0n) is 11.6. The number of ether oxygens (including phenoxy) is 1. The highest BCUT2D eigenvalue weighted by molar-refractivity contribution is 5.74. The Balaban J connectivity index is 1.57. The Bertz CT molecular complexity index is 472. The minimum Gasteiger partial charge on any atom is -0.378 e. The SMILES string of the molecule is O=C(NCC1NCCc2ccccc21)N1CCOCC1. The molecule has 20 heavy (non-hydrogen) atoms. The Morgan fingerprint density at radius 1 is 1.35 bits per heavy atom. The molecule has 1 atom stereocenters. The first kappa shape index (κ1) is 13.4. The van der Waals surface area contributed by atoms with Crippen LogP contribution in [0, 0.1) is 0 Å². The molecule has 3 rings (SSSR count). The lowest BCUT2D eigenvalue weighted by atomic mass is 9.94. The second kappa shape index (κ2) is 6.24. The molecule has 0 radical (unpaired) electrons. The van der Waals surface area contributed by atoms with E-state index in [2.05, 4.69) is 34.9 Å². The van der Waals surface area contributed by atoms with E-state index in [0.717, 1.165) is 13.0 Å². The maximum Gasteiger partial charge on any atom is 0.317 e. The van der Waals surface area contributed by atoms with Gasteiger partial charge in [0.15, 0.2) is 0 Å². The third-order valence-corrected chi connectivity index (χ3v) is 3.97. The third-order valence-electron chi connectivity index (χ3n) is 3.97. The van der Waals surface area contributed by atoms with Gasteiger partial charge in [0.2, 0.25) is 0 Å². The normalized spacial score (nSPS) is 22.2. The summed E-state index contributed by atoms with van der Waals surface area (Å²) >= 11 is 0. The number of urea groups is 1. The van der Waals surface area contributed by atoms with E-state index in [4.69, 9.17) is 4.74 Å². The van der Waals surface area contributed by atoms with Gasteiger partial charge in [-0.15, -0.1) is 0 Å². The summed E-state index contributed by atoms with van der Waals surface area (Å²) in [6.45, 7) is 4.24. The van der Waals surface area contributed by atoms with E-state index in [1.807, 2.05) is 4.90 Å². The van der Waals surface area contributed by atoms with Crippen molar-refractivity contribution in [3.8, 4) is 0 Å². The van der Waals surface area contributed by atoms with Crippen molar-refractivity contribution in [3.63, 3.8) is 0 Å². The van der Waals surface area contributed by atoms with Crippen molar-refractivity contribution in [1.29, 1.82) is 0 Å². The number of hydrogen-bond donors (Lipinski definition) is 2. The van der Waals surface area contributed by atoms with E-state index < -0.39 is 0 Å². The van der Waals surface area contributed by atoms with Crippen LogP contribution in [-0.2, 0) is 11.2 Å². The van der Waals surface area contributed by atoms with Crippen LogP contribution in [0.3, 0.4) is 0 Å². The van der Waals surface area contributed by atoms with Crippen molar-refractivity contribution in [2.45, 2.75) is 12.5 Å². The number of nitrogens with zero attached hydrogens (tertiary/aromatic N) is 1. The topological polar surface area (TPSA) is 53.6 Å². The molecule has 0 aromatic heterocycles. The molecule has 2 aliphatic heterocycles. The van der Waals surface area contributed by atoms with Gasteiger partial charge in [0, 0.05) is 25.7 Å². The zero-order valence-corrected chi connectivity index (χ0v) is 11.6. The zero-order chi connectivity index (χ0) is 13.8. The fraction of sp³-hybridized carbons (Fsp3) is 0.533. The van der Waals surface area contributed by atoms with E-state index in [1.54, 1.807) is 0 Å². The summed E-state index contributed by atoms with van der Waals surface area (Å²) in [7, 11) is 0. The van der Waals surface area contributed by atoms with Gasteiger partial charge in [0.1, 0.15) is 0 Å². The van der Waals surface area contributed by atoms with Gasteiger partial charge in [0.05, 0.1) is 13.2 Å².